The molecule has 0 fully saturated rings. The second-order valence-corrected chi connectivity index (χ2v) is 5.08. The summed E-state index contributed by atoms with van der Waals surface area (Å²) in [7, 11) is 3.08. The molecule has 1 unspecified atom stereocenters. The Balaban J connectivity index is 2.07. The quantitative estimate of drug-likeness (QED) is 0.814. The van der Waals surface area contributed by atoms with Crippen molar-refractivity contribution in [3.63, 3.8) is 0 Å². The predicted molar refractivity (Wildman–Crippen MR) is 78.2 cm³/mol. The number of fused-ring (bicyclic) bond motifs is 1. The maximum absolute atomic E-state index is 11.9. The Kier molecular flexibility index (Phi) is 3.64. The SMILES string of the molecule is COC(=O)C1CCCn2c1cnc2-c1ccccc1OC. The normalized spacial score (nSPS) is 17.1. The van der Waals surface area contributed by atoms with Gasteiger partial charge in [0.1, 0.15) is 11.6 Å². The molecule has 0 N–H and O–H groups in total. The van der Waals surface area contributed by atoms with Crippen molar-refractivity contribution >= 4 is 5.97 Å². The first-order valence-corrected chi connectivity index (χ1v) is 7.03. The maximum Gasteiger partial charge on any atom is 0.314 e. The molecular formula is C16H18N2O3. The van der Waals surface area contributed by atoms with Gasteiger partial charge in [-0.1, -0.05) is 12.1 Å². The number of hydrogen-bond acceptors (Lipinski definition) is 4. The molecule has 1 aliphatic rings. The van der Waals surface area contributed by atoms with Crippen molar-refractivity contribution in [2.75, 3.05) is 14.2 Å². The average molecular weight is 286 g/mol. The summed E-state index contributed by atoms with van der Waals surface area (Å²) in [5.74, 6) is 1.21. The van der Waals surface area contributed by atoms with Gasteiger partial charge < -0.3 is 14.0 Å². The highest BCUT2D eigenvalue weighted by atomic mass is 16.5. The highest BCUT2D eigenvalue weighted by Gasteiger charge is 2.30. The number of hydrogen-bond donors (Lipinski definition) is 0. The van der Waals surface area contributed by atoms with Gasteiger partial charge in [-0.2, -0.15) is 0 Å². The van der Waals surface area contributed by atoms with Gasteiger partial charge in [0.25, 0.3) is 0 Å². The van der Waals surface area contributed by atoms with Crippen molar-refractivity contribution in [3.8, 4) is 17.1 Å². The van der Waals surface area contributed by atoms with Crippen LogP contribution >= 0.6 is 0 Å². The lowest BCUT2D eigenvalue weighted by molar-refractivity contribution is -0.143. The molecule has 0 saturated carbocycles. The molecule has 0 amide bonds. The number of imidazole rings is 1. The van der Waals surface area contributed by atoms with Crippen molar-refractivity contribution < 1.29 is 14.3 Å². The van der Waals surface area contributed by atoms with Crippen molar-refractivity contribution in [1.82, 2.24) is 9.55 Å². The Morgan fingerprint density at radius 3 is 2.90 bits per heavy atom. The minimum Gasteiger partial charge on any atom is -0.496 e. The number of ether oxygens (including phenoxy) is 2. The summed E-state index contributed by atoms with van der Waals surface area (Å²) in [5, 5.41) is 0. The zero-order chi connectivity index (χ0) is 14.8. The summed E-state index contributed by atoms with van der Waals surface area (Å²) in [5.41, 5.74) is 1.87. The van der Waals surface area contributed by atoms with Crippen LogP contribution in [-0.4, -0.2) is 29.7 Å². The standard InChI is InChI=1S/C16H18N2O3/c1-20-14-8-4-3-6-12(14)15-17-10-13-11(16(19)21-2)7-5-9-18(13)15/h3-4,6,8,10-11H,5,7,9H2,1-2H3. The Labute approximate surface area is 123 Å². The van der Waals surface area contributed by atoms with E-state index in [1.54, 1.807) is 13.3 Å². The van der Waals surface area contributed by atoms with E-state index in [1.165, 1.54) is 7.11 Å². The van der Waals surface area contributed by atoms with E-state index in [4.69, 9.17) is 9.47 Å². The first kappa shape index (κ1) is 13.7. The van der Waals surface area contributed by atoms with Gasteiger partial charge in [-0.25, -0.2) is 4.98 Å². The lowest BCUT2D eigenvalue weighted by Crippen LogP contribution is -2.23. The van der Waals surface area contributed by atoms with E-state index in [1.807, 2.05) is 24.3 Å². The third kappa shape index (κ3) is 2.28. The van der Waals surface area contributed by atoms with Crippen LogP contribution in [0.25, 0.3) is 11.4 Å². The molecule has 3 rings (SSSR count). The van der Waals surface area contributed by atoms with Crippen LogP contribution in [0.5, 0.6) is 5.75 Å². The summed E-state index contributed by atoms with van der Waals surface area (Å²) in [4.78, 5) is 16.4. The fourth-order valence-electron chi connectivity index (χ4n) is 2.93. The van der Waals surface area contributed by atoms with Crippen LogP contribution in [0.2, 0.25) is 0 Å². The molecule has 110 valence electrons. The summed E-state index contributed by atoms with van der Waals surface area (Å²) in [6.45, 7) is 0.857. The molecule has 1 aromatic heterocycles. The predicted octanol–water partition coefficient (Wildman–Crippen LogP) is 2.61. The second-order valence-electron chi connectivity index (χ2n) is 5.08. The number of nitrogens with zero attached hydrogens (tertiary/aromatic N) is 2. The minimum absolute atomic E-state index is 0.192. The Morgan fingerprint density at radius 1 is 1.33 bits per heavy atom. The number of aromatic nitrogens is 2. The van der Waals surface area contributed by atoms with Crippen molar-refractivity contribution in [2.45, 2.75) is 25.3 Å². The van der Waals surface area contributed by atoms with Gasteiger partial charge in [-0.05, 0) is 25.0 Å². The van der Waals surface area contributed by atoms with Gasteiger partial charge in [0.2, 0.25) is 0 Å². The lowest BCUT2D eigenvalue weighted by Gasteiger charge is -2.23. The molecule has 0 aliphatic carbocycles. The zero-order valence-corrected chi connectivity index (χ0v) is 12.2. The highest BCUT2D eigenvalue weighted by molar-refractivity contribution is 5.78. The number of esters is 1. The van der Waals surface area contributed by atoms with Crippen LogP contribution in [0.3, 0.4) is 0 Å². The molecule has 2 heterocycles. The van der Waals surface area contributed by atoms with E-state index in [0.29, 0.717) is 0 Å². The van der Waals surface area contributed by atoms with Gasteiger partial charge in [0, 0.05) is 12.7 Å². The molecule has 5 heteroatoms. The number of para-hydroxylation sites is 1. The van der Waals surface area contributed by atoms with Gasteiger partial charge in [0.05, 0.1) is 31.4 Å². The minimum atomic E-state index is -0.222. The van der Waals surface area contributed by atoms with Gasteiger partial charge >= 0.3 is 5.97 Å². The van der Waals surface area contributed by atoms with E-state index in [0.717, 1.165) is 42.2 Å². The van der Waals surface area contributed by atoms with Crippen molar-refractivity contribution in [1.29, 1.82) is 0 Å². The third-order valence-corrected chi connectivity index (χ3v) is 3.95. The second kappa shape index (κ2) is 5.60. The zero-order valence-electron chi connectivity index (χ0n) is 12.2. The summed E-state index contributed by atoms with van der Waals surface area (Å²) in [6, 6.07) is 7.79. The monoisotopic (exact) mass is 286 g/mol. The number of carbonyl (C=O) groups excluding carboxylic acids is 1. The summed E-state index contributed by atoms with van der Waals surface area (Å²) in [6.07, 6.45) is 3.53. The molecule has 1 aromatic carbocycles. The third-order valence-electron chi connectivity index (χ3n) is 3.95. The molecule has 1 aliphatic heterocycles. The van der Waals surface area contributed by atoms with Crippen LogP contribution < -0.4 is 4.74 Å². The van der Waals surface area contributed by atoms with Crippen LogP contribution in [0, 0.1) is 0 Å². The number of carbonyl (C=O) groups is 1. The summed E-state index contributed by atoms with van der Waals surface area (Å²) >= 11 is 0. The van der Waals surface area contributed by atoms with Crippen molar-refractivity contribution in [2.24, 2.45) is 0 Å². The van der Waals surface area contributed by atoms with Crippen LogP contribution in [0.15, 0.2) is 30.5 Å². The average Bonchev–Trinajstić information content (AvgIpc) is 2.97. The topological polar surface area (TPSA) is 53.4 Å². The molecular weight excluding hydrogens is 268 g/mol. The van der Waals surface area contributed by atoms with Crippen molar-refractivity contribution in [3.05, 3.63) is 36.2 Å². The van der Waals surface area contributed by atoms with E-state index in [2.05, 4.69) is 9.55 Å². The Bertz CT molecular complexity index is 663. The molecule has 0 bridgehead atoms. The fraction of sp³-hybridized carbons (Fsp3) is 0.375. The van der Waals surface area contributed by atoms with E-state index >= 15 is 0 Å². The highest BCUT2D eigenvalue weighted by Crippen LogP contribution is 2.35. The van der Waals surface area contributed by atoms with E-state index in [-0.39, 0.29) is 11.9 Å². The van der Waals surface area contributed by atoms with Crippen LogP contribution in [0.1, 0.15) is 24.5 Å². The van der Waals surface area contributed by atoms with Crippen LogP contribution in [-0.2, 0) is 16.1 Å². The molecule has 5 nitrogen and oxygen atoms in total. The number of benzene rings is 1. The lowest BCUT2D eigenvalue weighted by atomic mass is 9.96. The molecule has 0 spiro atoms. The molecule has 0 radical (unpaired) electrons. The fourth-order valence-corrected chi connectivity index (χ4v) is 2.93. The molecule has 1 atom stereocenters. The number of methoxy groups -OCH3 is 2. The van der Waals surface area contributed by atoms with Gasteiger partial charge in [-0.3, -0.25) is 4.79 Å². The first-order valence-electron chi connectivity index (χ1n) is 7.03. The largest absolute Gasteiger partial charge is 0.496 e. The maximum atomic E-state index is 11.9. The van der Waals surface area contributed by atoms with E-state index < -0.39 is 0 Å². The summed E-state index contributed by atoms with van der Waals surface area (Å²) < 4.78 is 12.4. The molecule has 2 aromatic rings. The smallest absolute Gasteiger partial charge is 0.314 e. The number of rotatable bonds is 3. The Hall–Kier alpha value is -2.30. The molecule has 21 heavy (non-hydrogen) atoms. The first-order chi connectivity index (χ1) is 10.3. The van der Waals surface area contributed by atoms with Gasteiger partial charge in [0.15, 0.2) is 0 Å². The van der Waals surface area contributed by atoms with E-state index in [9.17, 15) is 4.79 Å². The molecule has 0 saturated heterocycles. The Morgan fingerprint density at radius 2 is 2.14 bits per heavy atom. The van der Waals surface area contributed by atoms with Crippen LogP contribution in [0.4, 0.5) is 0 Å². The van der Waals surface area contributed by atoms with Gasteiger partial charge in [-0.15, -0.1) is 0 Å².